The summed E-state index contributed by atoms with van der Waals surface area (Å²) in [4.78, 5) is 15.0. The molecule has 22 heavy (non-hydrogen) atoms. The van der Waals surface area contributed by atoms with Crippen molar-refractivity contribution in [2.45, 2.75) is 52.5 Å². The van der Waals surface area contributed by atoms with Gasteiger partial charge in [0.05, 0.1) is 23.6 Å². The van der Waals surface area contributed by atoms with Crippen molar-refractivity contribution in [1.29, 1.82) is 0 Å². The Morgan fingerprint density at radius 3 is 2.95 bits per heavy atom. The molecular formula is C16H22N4O2. The van der Waals surface area contributed by atoms with E-state index in [1.165, 1.54) is 0 Å². The standard InChI is InChI=1S/C16H22N4O2/c1-4-12-14(11(3)22-19-12)16(21)20-8-6-5-7-13(20)15-10(2)9-17-18-15/h9,13H,4-8H2,1-3H3,(H,17,18)/t13-/m0/s1. The molecule has 0 aliphatic carbocycles. The molecule has 1 aliphatic heterocycles. The van der Waals surface area contributed by atoms with E-state index < -0.39 is 0 Å². The first-order valence-corrected chi connectivity index (χ1v) is 7.89. The number of nitrogens with one attached hydrogen (secondary N) is 1. The van der Waals surface area contributed by atoms with Gasteiger partial charge in [-0.1, -0.05) is 12.1 Å². The molecule has 0 bridgehead atoms. The molecule has 118 valence electrons. The molecule has 3 heterocycles. The van der Waals surface area contributed by atoms with Crippen molar-refractivity contribution in [3.05, 3.63) is 34.5 Å². The number of piperidine rings is 1. The highest BCUT2D eigenvalue weighted by molar-refractivity contribution is 5.96. The molecule has 0 aromatic carbocycles. The van der Waals surface area contributed by atoms with Crippen molar-refractivity contribution < 1.29 is 9.32 Å². The van der Waals surface area contributed by atoms with Crippen molar-refractivity contribution in [2.75, 3.05) is 6.54 Å². The van der Waals surface area contributed by atoms with Crippen LogP contribution >= 0.6 is 0 Å². The molecular weight excluding hydrogens is 280 g/mol. The molecule has 1 fully saturated rings. The van der Waals surface area contributed by atoms with E-state index >= 15 is 0 Å². The van der Waals surface area contributed by atoms with E-state index in [0.29, 0.717) is 17.7 Å². The molecule has 1 saturated heterocycles. The highest BCUT2D eigenvalue weighted by atomic mass is 16.5. The van der Waals surface area contributed by atoms with Crippen LogP contribution in [0.15, 0.2) is 10.7 Å². The SMILES string of the molecule is CCc1noc(C)c1C(=O)N1CCCC[C@H]1c1[nH]ncc1C. The third-order valence-corrected chi connectivity index (χ3v) is 4.45. The highest BCUT2D eigenvalue weighted by Gasteiger charge is 2.33. The Balaban J connectivity index is 1.95. The summed E-state index contributed by atoms with van der Waals surface area (Å²) in [6.07, 6.45) is 5.62. The number of carbonyl (C=O) groups is 1. The van der Waals surface area contributed by atoms with Crippen LogP contribution in [0.1, 0.15) is 65.3 Å². The first-order valence-electron chi connectivity index (χ1n) is 7.89. The predicted molar refractivity (Wildman–Crippen MR) is 81.6 cm³/mol. The van der Waals surface area contributed by atoms with Crippen LogP contribution < -0.4 is 0 Å². The zero-order valence-corrected chi connectivity index (χ0v) is 13.3. The number of carbonyl (C=O) groups excluding carboxylic acids is 1. The molecule has 6 nitrogen and oxygen atoms in total. The Hall–Kier alpha value is -2.11. The lowest BCUT2D eigenvalue weighted by Gasteiger charge is -2.35. The summed E-state index contributed by atoms with van der Waals surface area (Å²) in [6, 6.07) is 0.0581. The van der Waals surface area contributed by atoms with E-state index in [1.807, 2.05) is 24.9 Å². The molecule has 1 aliphatic rings. The Morgan fingerprint density at radius 2 is 2.27 bits per heavy atom. The van der Waals surface area contributed by atoms with E-state index in [9.17, 15) is 4.79 Å². The molecule has 2 aromatic heterocycles. The van der Waals surface area contributed by atoms with E-state index in [4.69, 9.17) is 4.52 Å². The topological polar surface area (TPSA) is 75.0 Å². The average Bonchev–Trinajstić information content (AvgIpc) is 3.12. The van der Waals surface area contributed by atoms with Crippen molar-refractivity contribution in [3.8, 4) is 0 Å². The quantitative estimate of drug-likeness (QED) is 0.946. The van der Waals surface area contributed by atoms with Crippen LogP contribution in [0.5, 0.6) is 0 Å². The lowest BCUT2D eigenvalue weighted by molar-refractivity contribution is 0.0602. The third-order valence-electron chi connectivity index (χ3n) is 4.45. The number of hydrogen-bond acceptors (Lipinski definition) is 4. The molecule has 0 saturated carbocycles. The number of aromatic amines is 1. The monoisotopic (exact) mass is 302 g/mol. The van der Waals surface area contributed by atoms with Gasteiger partial charge in [-0.3, -0.25) is 9.89 Å². The number of rotatable bonds is 3. The van der Waals surface area contributed by atoms with Gasteiger partial charge in [0.1, 0.15) is 11.3 Å². The summed E-state index contributed by atoms with van der Waals surface area (Å²) in [5, 5.41) is 11.2. The van der Waals surface area contributed by atoms with E-state index in [1.54, 1.807) is 6.92 Å². The summed E-state index contributed by atoms with van der Waals surface area (Å²) < 4.78 is 5.23. The number of amides is 1. The smallest absolute Gasteiger partial charge is 0.259 e. The second kappa shape index (κ2) is 5.94. The second-order valence-electron chi connectivity index (χ2n) is 5.89. The van der Waals surface area contributed by atoms with Gasteiger partial charge >= 0.3 is 0 Å². The van der Waals surface area contributed by atoms with Gasteiger partial charge in [-0.2, -0.15) is 5.10 Å². The molecule has 6 heteroatoms. The van der Waals surface area contributed by atoms with E-state index in [2.05, 4.69) is 15.4 Å². The van der Waals surface area contributed by atoms with Crippen molar-refractivity contribution in [1.82, 2.24) is 20.3 Å². The van der Waals surface area contributed by atoms with Crippen LogP contribution in [-0.2, 0) is 6.42 Å². The fraction of sp³-hybridized carbons (Fsp3) is 0.562. The lowest BCUT2D eigenvalue weighted by atomic mass is 9.96. The molecule has 3 rings (SSSR count). The third kappa shape index (κ3) is 2.42. The second-order valence-corrected chi connectivity index (χ2v) is 5.89. The van der Waals surface area contributed by atoms with Gasteiger partial charge < -0.3 is 9.42 Å². The number of H-pyrrole nitrogens is 1. The molecule has 0 radical (unpaired) electrons. The Bertz CT molecular complexity index is 673. The normalized spacial score (nSPS) is 18.7. The van der Waals surface area contributed by atoms with Gasteiger partial charge in [0.25, 0.3) is 5.91 Å². The summed E-state index contributed by atoms with van der Waals surface area (Å²) >= 11 is 0. The molecule has 2 aromatic rings. The summed E-state index contributed by atoms with van der Waals surface area (Å²) in [7, 11) is 0. The first-order chi connectivity index (χ1) is 10.6. The first kappa shape index (κ1) is 14.8. The lowest BCUT2D eigenvalue weighted by Crippen LogP contribution is -2.39. The van der Waals surface area contributed by atoms with Crippen molar-refractivity contribution in [2.24, 2.45) is 0 Å². The van der Waals surface area contributed by atoms with Crippen LogP contribution in [0.2, 0.25) is 0 Å². The van der Waals surface area contributed by atoms with Crippen LogP contribution in [0.3, 0.4) is 0 Å². The fourth-order valence-corrected chi connectivity index (χ4v) is 3.25. The number of hydrogen-bond donors (Lipinski definition) is 1. The summed E-state index contributed by atoms with van der Waals surface area (Å²) in [5.41, 5.74) is 3.52. The van der Waals surface area contributed by atoms with Gasteiger partial charge in [0.2, 0.25) is 0 Å². The van der Waals surface area contributed by atoms with Crippen LogP contribution in [0.4, 0.5) is 0 Å². The Kier molecular flexibility index (Phi) is 4.00. The van der Waals surface area contributed by atoms with Crippen molar-refractivity contribution in [3.63, 3.8) is 0 Å². The Labute approximate surface area is 129 Å². The predicted octanol–water partition coefficient (Wildman–Crippen LogP) is 2.94. The van der Waals surface area contributed by atoms with Gasteiger partial charge in [0, 0.05) is 6.54 Å². The van der Waals surface area contributed by atoms with Crippen LogP contribution in [0.25, 0.3) is 0 Å². The minimum absolute atomic E-state index is 0.0225. The minimum Gasteiger partial charge on any atom is -0.361 e. The number of nitrogens with zero attached hydrogens (tertiary/aromatic N) is 3. The van der Waals surface area contributed by atoms with Gasteiger partial charge in [0.15, 0.2) is 0 Å². The molecule has 1 amide bonds. The van der Waals surface area contributed by atoms with Gasteiger partial charge in [-0.15, -0.1) is 0 Å². The van der Waals surface area contributed by atoms with E-state index in [-0.39, 0.29) is 11.9 Å². The van der Waals surface area contributed by atoms with Gasteiger partial charge in [-0.05, 0) is 45.1 Å². The minimum atomic E-state index is 0.0225. The Morgan fingerprint density at radius 1 is 1.45 bits per heavy atom. The molecule has 1 N–H and O–H groups in total. The average molecular weight is 302 g/mol. The van der Waals surface area contributed by atoms with Crippen molar-refractivity contribution >= 4 is 5.91 Å². The van der Waals surface area contributed by atoms with Crippen LogP contribution in [-0.4, -0.2) is 32.7 Å². The fourth-order valence-electron chi connectivity index (χ4n) is 3.25. The largest absolute Gasteiger partial charge is 0.361 e. The van der Waals surface area contributed by atoms with Crippen LogP contribution in [0, 0.1) is 13.8 Å². The zero-order valence-electron chi connectivity index (χ0n) is 13.3. The summed E-state index contributed by atoms with van der Waals surface area (Å²) in [6.45, 7) is 6.58. The highest BCUT2D eigenvalue weighted by Crippen LogP contribution is 2.33. The molecule has 1 atom stereocenters. The number of aryl methyl sites for hydroxylation is 3. The number of likely N-dealkylation sites (tertiary alicyclic amines) is 1. The van der Waals surface area contributed by atoms with E-state index in [0.717, 1.165) is 42.8 Å². The molecule has 0 unspecified atom stereocenters. The van der Waals surface area contributed by atoms with Gasteiger partial charge in [-0.25, -0.2) is 0 Å². The molecule has 0 spiro atoms. The maximum absolute atomic E-state index is 13.1. The number of aromatic nitrogens is 3. The maximum Gasteiger partial charge on any atom is 0.259 e. The zero-order chi connectivity index (χ0) is 15.7. The summed E-state index contributed by atoms with van der Waals surface area (Å²) in [5.74, 6) is 0.627. The maximum atomic E-state index is 13.1.